The van der Waals surface area contributed by atoms with Gasteiger partial charge in [0.2, 0.25) is 11.8 Å². The molecule has 2 heterocycles. The first kappa shape index (κ1) is 13.3. The number of pyridine rings is 1. The van der Waals surface area contributed by atoms with Gasteiger partial charge >= 0.3 is 0 Å². The molecule has 3 rings (SSSR count). The summed E-state index contributed by atoms with van der Waals surface area (Å²) in [5.74, 6) is 0.250. The molecule has 1 amide bonds. The Morgan fingerprint density at radius 3 is 3.05 bits per heavy atom. The van der Waals surface area contributed by atoms with Crippen molar-refractivity contribution in [3.05, 3.63) is 42.6 Å². The van der Waals surface area contributed by atoms with Crippen LogP contribution >= 0.6 is 0 Å². The Bertz CT molecular complexity index is 749. The number of nitrogens with zero attached hydrogens (tertiary/aromatic N) is 2. The number of ether oxygens (including phenoxy) is 1. The summed E-state index contributed by atoms with van der Waals surface area (Å²) in [5, 5.41) is 2.74. The predicted octanol–water partition coefficient (Wildman–Crippen LogP) is 2.47. The Morgan fingerprint density at radius 2 is 2.24 bits per heavy atom. The lowest BCUT2D eigenvalue weighted by Gasteiger charge is -2.05. The van der Waals surface area contributed by atoms with Crippen LogP contribution < -0.4 is 5.32 Å². The van der Waals surface area contributed by atoms with Gasteiger partial charge in [0, 0.05) is 24.6 Å². The largest absolute Gasteiger partial charge is 0.434 e. The number of hydrogen-bond acceptors (Lipinski definition) is 5. The second-order valence-electron chi connectivity index (χ2n) is 4.41. The van der Waals surface area contributed by atoms with Crippen LogP contribution in [0.4, 0.5) is 5.69 Å². The van der Waals surface area contributed by atoms with E-state index in [9.17, 15) is 4.79 Å². The zero-order valence-electron chi connectivity index (χ0n) is 11.4. The normalized spacial score (nSPS) is 10.7. The molecule has 0 aliphatic rings. The van der Waals surface area contributed by atoms with E-state index in [2.05, 4.69) is 15.3 Å². The Balaban J connectivity index is 1.90. The van der Waals surface area contributed by atoms with E-state index < -0.39 is 0 Å². The fraction of sp³-hybridized carbons (Fsp3) is 0.133. The summed E-state index contributed by atoms with van der Waals surface area (Å²) in [6, 6.07) is 10.9. The number of fused-ring (bicyclic) bond motifs is 1. The molecule has 0 fully saturated rings. The van der Waals surface area contributed by atoms with E-state index in [4.69, 9.17) is 9.15 Å². The molecule has 0 aliphatic carbocycles. The lowest BCUT2D eigenvalue weighted by Crippen LogP contribution is -2.16. The Hall–Kier alpha value is -2.73. The number of anilines is 1. The summed E-state index contributed by atoms with van der Waals surface area (Å²) in [4.78, 5) is 20.0. The van der Waals surface area contributed by atoms with E-state index >= 15 is 0 Å². The predicted molar refractivity (Wildman–Crippen MR) is 77.7 cm³/mol. The standard InChI is InChI=1S/C15H13N3O3/c1-20-9-13(19)17-11-5-2-4-10(8-11)15-18-14-12(21-15)6-3-7-16-14/h2-8H,9H2,1H3,(H,17,19). The monoisotopic (exact) mass is 283 g/mol. The number of methoxy groups -OCH3 is 1. The number of aromatic nitrogens is 2. The zero-order chi connectivity index (χ0) is 14.7. The number of benzene rings is 1. The number of hydrogen-bond donors (Lipinski definition) is 1. The van der Waals surface area contributed by atoms with Gasteiger partial charge in [-0.2, -0.15) is 4.98 Å². The smallest absolute Gasteiger partial charge is 0.250 e. The molecule has 0 aliphatic heterocycles. The highest BCUT2D eigenvalue weighted by Crippen LogP contribution is 2.25. The number of carbonyl (C=O) groups excluding carboxylic acids is 1. The van der Waals surface area contributed by atoms with Crippen LogP contribution in [0.5, 0.6) is 0 Å². The van der Waals surface area contributed by atoms with Crippen LogP contribution in [0, 0.1) is 0 Å². The SMILES string of the molecule is COCC(=O)Nc1cccc(-c2nc3ncccc3o2)c1. The molecule has 0 spiro atoms. The maximum Gasteiger partial charge on any atom is 0.250 e. The highest BCUT2D eigenvalue weighted by atomic mass is 16.5. The van der Waals surface area contributed by atoms with E-state index in [1.165, 1.54) is 7.11 Å². The third kappa shape index (κ3) is 2.90. The third-order valence-corrected chi connectivity index (χ3v) is 2.83. The molecule has 0 bridgehead atoms. The molecule has 6 heteroatoms. The number of carbonyl (C=O) groups is 1. The van der Waals surface area contributed by atoms with Crippen molar-refractivity contribution in [3.8, 4) is 11.5 Å². The molecule has 1 N–H and O–H groups in total. The highest BCUT2D eigenvalue weighted by molar-refractivity contribution is 5.92. The molecule has 0 saturated heterocycles. The summed E-state index contributed by atoms with van der Waals surface area (Å²) in [7, 11) is 1.47. The molecule has 106 valence electrons. The quantitative estimate of drug-likeness (QED) is 0.796. The van der Waals surface area contributed by atoms with Crippen molar-refractivity contribution < 1.29 is 13.9 Å². The van der Waals surface area contributed by atoms with Crippen LogP contribution in [0.3, 0.4) is 0 Å². The third-order valence-electron chi connectivity index (χ3n) is 2.83. The van der Waals surface area contributed by atoms with Gasteiger partial charge in [0.25, 0.3) is 0 Å². The van der Waals surface area contributed by atoms with Gasteiger partial charge < -0.3 is 14.5 Å². The zero-order valence-corrected chi connectivity index (χ0v) is 11.4. The minimum atomic E-state index is -0.214. The first-order valence-electron chi connectivity index (χ1n) is 6.37. The fourth-order valence-electron chi connectivity index (χ4n) is 1.95. The second kappa shape index (κ2) is 5.72. The van der Waals surface area contributed by atoms with Crippen LogP contribution in [-0.4, -0.2) is 29.6 Å². The van der Waals surface area contributed by atoms with Crippen molar-refractivity contribution in [2.24, 2.45) is 0 Å². The maximum absolute atomic E-state index is 11.5. The van der Waals surface area contributed by atoms with Crippen molar-refractivity contribution in [2.75, 3.05) is 19.0 Å². The van der Waals surface area contributed by atoms with Gasteiger partial charge in [-0.15, -0.1) is 0 Å². The molecule has 6 nitrogen and oxygen atoms in total. The van der Waals surface area contributed by atoms with Gasteiger partial charge in [0.15, 0.2) is 11.2 Å². The van der Waals surface area contributed by atoms with Crippen molar-refractivity contribution in [2.45, 2.75) is 0 Å². The molecule has 0 atom stereocenters. The summed E-state index contributed by atoms with van der Waals surface area (Å²) < 4.78 is 10.4. The van der Waals surface area contributed by atoms with Crippen molar-refractivity contribution >= 4 is 22.8 Å². The van der Waals surface area contributed by atoms with Gasteiger partial charge in [-0.05, 0) is 30.3 Å². The van der Waals surface area contributed by atoms with E-state index in [0.29, 0.717) is 22.8 Å². The van der Waals surface area contributed by atoms with Gasteiger partial charge in [0.05, 0.1) is 0 Å². The molecular formula is C15H13N3O3. The van der Waals surface area contributed by atoms with E-state index in [0.717, 1.165) is 5.56 Å². The van der Waals surface area contributed by atoms with Crippen LogP contribution in [0.15, 0.2) is 47.0 Å². The van der Waals surface area contributed by atoms with E-state index in [1.807, 2.05) is 18.2 Å². The molecule has 3 aromatic rings. The van der Waals surface area contributed by atoms with Crippen LogP contribution in [0.2, 0.25) is 0 Å². The molecular weight excluding hydrogens is 270 g/mol. The van der Waals surface area contributed by atoms with E-state index in [-0.39, 0.29) is 12.5 Å². The topological polar surface area (TPSA) is 77.2 Å². The molecule has 2 aromatic heterocycles. The maximum atomic E-state index is 11.5. The Morgan fingerprint density at radius 1 is 1.33 bits per heavy atom. The Kier molecular flexibility index (Phi) is 3.61. The summed E-state index contributed by atoms with van der Waals surface area (Å²) in [5.41, 5.74) is 2.61. The first-order chi connectivity index (χ1) is 10.3. The molecule has 0 radical (unpaired) electrons. The van der Waals surface area contributed by atoms with Gasteiger partial charge in [-0.25, -0.2) is 4.98 Å². The summed E-state index contributed by atoms with van der Waals surface area (Å²) in [6.07, 6.45) is 1.66. The summed E-state index contributed by atoms with van der Waals surface area (Å²) in [6.45, 7) is 0.0109. The minimum absolute atomic E-state index is 0.0109. The van der Waals surface area contributed by atoms with Crippen molar-refractivity contribution in [1.29, 1.82) is 0 Å². The number of rotatable bonds is 4. The number of amides is 1. The van der Waals surface area contributed by atoms with E-state index in [1.54, 1.807) is 24.4 Å². The van der Waals surface area contributed by atoms with Gasteiger partial charge in [-0.1, -0.05) is 6.07 Å². The first-order valence-corrected chi connectivity index (χ1v) is 6.37. The van der Waals surface area contributed by atoms with Gasteiger partial charge in [-0.3, -0.25) is 4.79 Å². The minimum Gasteiger partial charge on any atom is -0.434 e. The highest BCUT2D eigenvalue weighted by Gasteiger charge is 2.09. The van der Waals surface area contributed by atoms with Crippen molar-refractivity contribution in [3.63, 3.8) is 0 Å². The van der Waals surface area contributed by atoms with Gasteiger partial charge in [0.1, 0.15) is 6.61 Å². The van der Waals surface area contributed by atoms with Crippen LogP contribution in [0.1, 0.15) is 0 Å². The lowest BCUT2D eigenvalue weighted by molar-refractivity contribution is -0.119. The average molecular weight is 283 g/mol. The number of oxazole rings is 1. The second-order valence-corrected chi connectivity index (χ2v) is 4.41. The molecule has 0 saturated carbocycles. The molecule has 0 unspecified atom stereocenters. The molecule has 21 heavy (non-hydrogen) atoms. The Labute approximate surface area is 120 Å². The number of nitrogens with one attached hydrogen (secondary N) is 1. The summed E-state index contributed by atoms with van der Waals surface area (Å²) >= 11 is 0. The lowest BCUT2D eigenvalue weighted by atomic mass is 10.2. The van der Waals surface area contributed by atoms with Crippen LogP contribution in [0.25, 0.3) is 22.7 Å². The van der Waals surface area contributed by atoms with Crippen LogP contribution in [-0.2, 0) is 9.53 Å². The fourth-order valence-corrected chi connectivity index (χ4v) is 1.95. The van der Waals surface area contributed by atoms with Crippen molar-refractivity contribution in [1.82, 2.24) is 9.97 Å². The molecule has 1 aromatic carbocycles. The average Bonchev–Trinajstić information content (AvgIpc) is 2.91.